The van der Waals surface area contributed by atoms with Crippen LogP contribution in [0, 0.1) is 0 Å². The Bertz CT molecular complexity index is 4250. The van der Waals surface area contributed by atoms with Gasteiger partial charge in [-0.05, 0) is 116 Å². The highest BCUT2D eigenvalue weighted by molar-refractivity contribution is 6.22. The average molecular weight is 813 g/mol. The molecule has 0 saturated carbocycles. The van der Waals surface area contributed by atoms with Crippen LogP contribution in [0.2, 0.25) is 0 Å². The Labute approximate surface area is 367 Å². The molecule has 296 valence electrons. The van der Waals surface area contributed by atoms with Gasteiger partial charge in [-0.1, -0.05) is 146 Å². The van der Waals surface area contributed by atoms with Crippen LogP contribution in [0.15, 0.2) is 218 Å². The fourth-order valence-corrected chi connectivity index (χ4v) is 10.5. The van der Waals surface area contributed by atoms with Crippen molar-refractivity contribution in [1.82, 2.24) is 19.1 Å². The molecule has 0 atom stereocenters. The number of para-hydroxylation sites is 2. The second-order valence-electron chi connectivity index (χ2n) is 17.0. The van der Waals surface area contributed by atoms with Gasteiger partial charge in [-0.25, -0.2) is 9.97 Å². The number of nitrogens with zero attached hydrogens (tertiary/aromatic N) is 4. The number of hydrogen-bond donors (Lipinski definition) is 0. The van der Waals surface area contributed by atoms with Crippen LogP contribution in [0.4, 0.5) is 0 Å². The molecule has 14 rings (SSSR count). The van der Waals surface area contributed by atoms with Gasteiger partial charge >= 0.3 is 0 Å². The third kappa shape index (κ3) is 5.17. The van der Waals surface area contributed by atoms with Gasteiger partial charge in [0, 0.05) is 49.4 Å². The molecule has 0 bridgehead atoms. The molecule has 0 saturated heterocycles. The molecule has 0 aliphatic carbocycles. The lowest BCUT2D eigenvalue weighted by Gasteiger charge is -2.13. The molecule has 0 N–H and O–H groups in total. The zero-order valence-corrected chi connectivity index (χ0v) is 34.6. The molecule has 0 amide bonds. The maximum atomic E-state index is 5.32. The largest absolute Gasteiger partial charge is 0.309 e. The van der Waals surface area contributed by atoms with Crippen LogP contribution in [-0.2, 0) is 0 Å². The highest BCUT2D eigenvalue weighted by Gasteiger charge is 2.19. The normalized spacial score (nSPS) is 12.1. The van der Waals surface area contributed by atoms with E-state index in [2.05, 4.69) is 228 Å². The van der Waals surface area contributed by atoms with Gasteiger partial charge in [0.1, 0.15) is 0 Å². The molecule has 0 aliphatic rings. The second-order valence-corrected chi connectivity index (χ2v) is 17.0. The number of rotatable bonds is 4. The first kappa shape index (κ1) is 35.0. The first-order chi connectivity index (χ1) is 31.7. The molecule has 4 heteroatoms. The van der Waals surface area contributed by atoms with Crippen molar-refractivity contribution in [3.8, 4) is 34.0 Å². The van der Waals surface area contributed by atoms with Crippen molar-refractivity contribution in [2.24, 2.45) is 0 Å². The molecular formula is C60H36N4. The van der Waals surface area contributed by atoms with Crippen molar-refractivity contribution in [1.29, 1.82) is 0 Å². The van der Waals surface area contributed by atoms with Crippen LogP contribution in [-0.4, -0.2) is 19.1 Å². The van der Waals surface area contributed by atoms with Crippen molar-refractivity contribution >= 4 is 97.6 Å². The Hall–Kier alpha value is -8.60. The summed E-state index contributed by atoms with van der Waals surface area (Å²) in [4.78, 5) is 10.5. The third-order valence-electron chi connectivity index (χ3n) is 13.4. The summed E-state index contributed by atoms with van der Waals surface area (Å²) in [5.74, 6) is 0.702. The summed E-state index contributed by atoms with van der Waals surface area (Å²) in [5.41, 5.74) is 10.8. The van der Waals surface area contributed by atoms with E-state index in [1.54, 1.807) is 0 Å². The molecule has 0 unspecified atom stereocenters. The minimum absolute atomic E-state index is 0.702. The van der Waals surface area contributed by atoms with Crippen molar-refractivity contribution in [2.45, 2.75) is 0 Å². The maximum absolute atomic E-state index is 5.32. The van der Waals surface area contributed by atoms with Crippen molar-refractivity contribution in [3.05, 3.63) is 218 Å². The molecule has 0 radical (unpaired) electrons. The van der Waals surface area contributed by atoms with Crippen LogP contribution >= 0.6 is 0 Å². The van der Waals surface area contributed by atoms with Crippen molar-refractivity contribution in [3.63, 3.8) is 0 Å². The Kier molecular flexibility index (Phi) is 7.36. The zero-order valence-electron chi connectivity index (χ0n) is 34.6. The Balaban J connectivity index is 0.948. The summed E-state index contributed by atoms with van der Waals surface area (Å²) in [6, 6.07) is 79.3. The minimum atomic E-state index is 0.702. The van der Waals surface area contributed by atoms with Crippen LogP contribution < -0.4 is 0 Å². The van der Waals surface area contributed by atoms with Gasteiger partial charge in [0.25, 0.3) is 0 Å². The van der Waals surface area contributed by atoms with E-state index < -0.39 is 0 Å². The Morgan fingerprint density at radius 2 is 0.859 bits per heavy atom. The quantitative estimate of drug-likeness (QED) is 0.166. The summed E-state index contributed by atoms with van der Waals surface area (Å²) in [5, 5.41) is 15.9. The molecule has 3 heterocycles. The minimum Gasteiger partial charge on any atom is -0.309 e. The topological polar surface area (TPSA) is 35.6 Å². The van der Waals surface area contributed by atoms with Crippen LogP contribution in [0.5, 0.6) is 0 Å². The third-order valence-corrected chi connectivity index (χ3v) is 13.4. The lowest BCUT2D eigenvalue weighted by atomic mass is 9.98. The molecule has 11 aromatic carbocycles. The molecule has 0 aliphatic heterocycles. The van der Waals surface area contributed by atoms with E-state index in [9.17, 15) is 0 Å². The summed E-state index contributed by atoms with van der Waals surface area (Å²) in [7, 11) is 0. The van der Waals surface area contributed by atoms with Gasteiger partial charge in [-0.3, -0.25) is 0 Å². The van der Waals surface area contributed by atoms with Gasteiger partial charge in [-0.2, -0.15) is 0 Å². The van der Waals surface area contributed by atoms with Crippen molar-refractivity contribution in [2.75, 3.05) is 0 Å². The van der Waals surface area contributed by atoms with Gasteiger partial charge < -0.3 is 9.13 Å². The second kappa shape index (κ2) is 13.4. The smallest absolute Gasteiger partial charge is 0.160 e. The molecule has 0 spiro atoms. The van der Waals surface area contributed by atoms with Gasteiger partial charge in [0.05, 0.1) is 33.3 Å². The molecular weight excluding hydrogens is 777 g/mol. The van der Waals surface area contributed by atoms with E-state index in [1.807, 2.05) is 0 Å². The van der Waals surface area contributed by atoms with Gasteiger partial charge in [0.15, 0.2) is 5.82 Å². The van der Waals surface area contributed by atoms with Crippen molar-refractivity contribution < 1.29 is 0 Å². The summed E-state index contributed by atoms with van der Waals surface area (Å²) >= 11 is 0. The average Bonchev–Trinajstić information content (AvgIpc) is 3.87. The highest BCUT2D eigenvalue weighted by atomic mass is 15.0. The molecule has 14 aromatic rings. The highest BCUT2D eigenvalue weighted by Crippen LogP contribution is 2.41. The zero-order chi connectivity index (χ0) is 41.9. The monoisotopic (exact) mass is 812 g/mol. The lowest BCUT2D eigenvalue weighted by molar-refractivity contribution is 1.15. The number of hydrogen-bond acceptors (Lipinski definition) is 2. The maximum Gasteiger partial charge on any atom is 0.160 e. The first-order valence-corrected chi connectivity index (χ1v) is 21.9. The Morgan fingerprint density at radius 3 is 1.70 bits per heavy atom. The lowest BCUT2D eigenvalue weighted by Crippen LogP contribution is -1.98. The van der Waals surface area contributed by atoms with Crippen LogP contribution in [0.25, 0.3) is 132 Å². The summed E-state index contributed by atoms with van der Waals surface area (Å²) in [6.07, 6.45) is 0. The summed E-state index contributed by atoms with van der Waals surface area (Å²) < 4.78 is 4.86. The molecule has 3 aromatic heterocycles. The predicted molar refractivity (Wildman–Crippen MR) is 269 cm³/mol. The van der Waals surface area contributed by atoms with E-state index in [1.165, 1.54) is 81.2 Å². The van der Waals surface area contributed by atoms with E-state index in [0.717, 1.165) is 44.6 Å². The first-order valence-electron chi connectivity index (χ1n) is 21.9. The van der Waals surface area contributed by atoms with Gasteiger partial charge in [0.2, 0.25) is 0 Å². The fourth-order valence-electron chi connectivity index (χ4n) is 10.5. The molecule has 4 nitrogen and oxygen atoms in total. The van der Waals surface area contributed by atoms with E-state index in [-0.39, 0.29) is 0 Å². The molecule has 64 heavy (non-hydrogen) atoms. The fraction of sp³-hybridized carbons (Fsp3) is 0. The van der Waals surface area contributed by atoms with E-state index >= 15 is 0 Å². The van der Waals surface area contributed by atoms with E-state index in [0.29, 0.717) is 5.82 Å². The van der Waals surface area contributed by atoms with E-state index in [4.69, 9.17) is 9.97 Å². The Morgan fingerprint density at radius 1 is 0.281 bits per heavy atom. The van der Waals surface area contributed by atoms with Gasteiger partial charge in [-0.15, -0.1) is 0 Å². The number of fused-ring (bicyclic) bond motifs is 13. The van der Waals surface area contributed by atoms with Crippen LogP contribution in [0.3, 0.4) is 0 Å². The summed E-state index contributed by atoms with van der Waals surface area (Å²) in [6.45, 7) is 0. The SMILES string of the molecule is c1ccc2cc3c(cc2c1)c1ccc(-n2c4ccccc4c4c5ccccc5ccc42)cc1n3-c1ccc(-c2nc(-c3ccc4c(ccc5ccccc54)c3)c3ccccc3n2)cc1. The standard InChI is InChI=1S/C60H36N4/c1-2-14-41-35-56-52(34-40(41)13-1)49-31-29-45(64-54-20-10-8-18-51(54)58-48-16-6-4-12-38(48)26-32-55(58)64)36-57(49)63(56)44-27-23-39(24-28-44)60-61-53-19-9-7-17-50(53)59(62-60)43-25-30-47-42(33-43)22-21-37-11-3-5-15-46(37)47/h1-36H. The predicted octanol–water partition coefficient (Wildman–Crippen LogP) is 15.8. The van der Waals surface area contributed by atoms with Crippen LogP contribution in [0.1, 0.15) is 0 Å². The number of aromatic nitrogens is 4. The molecule has 0 fully saturated rings. The number of benzene rings is 11.